The Bertz CT molecular complexity index is 2060. The summed E-state index contributed by atoms with van der Waals surface area (Å²) in [5, 5.41) is 27.4. The van der Waals surface area contributed by atoms with E-state index < -0.39 is 94.5 Å². The van der Waals surface area contributed by atoms with Crippen LogP contribution in [0.4, 0.5) is 9.59 Å². The summed E-state index contributed by atoms with van der Waals surface area (Å²) in [4.78, 5) is 98.2. The molecule has 2 aromatic rings. The molecule has 4 rings (SSSR count). The van der Waals surface area contributed by atoms with Gasteiger partial charge in [-0.1, -0.05) is 93.4 Å². The smallest absolute Gasteiger partial charge is 0.408 e. The number of ether oxygens (including phenoxy) is 2. The van der Waals surface area contributed by atoms with Crippen LogP contribution >= 0.6 is 0 Å². The van der Waals surface area contributed by atoms with E-state index in [2.05, 4.69) is 31.9 Å². The van der Waals surface area contributed by atoms with Crippen molar-refractivity contribution in [1.29, 1.82) is 0 Å². The number of rotatable bonds is 21. The summed E-state index contributed by atoms with van der Waals surface area (Å²) in [6, 6.07) is 12.9. The molecule has 2 aliphatic heterocycles. The highest BCUT2D eigenvalue weighted by atomic mass is 16.6. The van der Waals surface area contributed by atoms with E-state index in [4.69, 9.17) is 14.7 Å². The van der Waals surface area contributed by atoms with Gasteiger partial charge in [-0.2, -0.15) is 0 Å². The predicted octanol–water partition coefficient (Wildman–Crippen LogP) is 4.75. The minimum atomic E-state index is -1.11. The molecule has 2 aromatic carbocycles. The highest BCUT2D eigenvalue weighted by molar-refractivity contribution is 5.96. The number of hydrogen-bond donors (Lipinski definition) is 6. The number of carbonyl (C=O) groups is 7. The first kappa shape index (κ1) is 56.8. The lowest BCUT2D eigenvalue weighted by atomic mass is 9.79. The van der Waals surface area contributed by atoms with E-state index in [1.807, 2.05) is 102 Å². The molecule has 0 spiro atoms. The van der Waals surface area contributed by atoms with Crippen LogP contribution in [-0.2, 0) is 46.5 Å². The fraction of sp³-hybridized carbons (Fsp3) is 0.635. The lowest BCUT2D eigenvalue weighted by Crippen LogP contribution is -2.64. The quantitative estimate of drug-likeness (QED) is 0.0741. The molecule has 7 amide bonds. The third kappa shape index (κ3) is 17.6. The van der Waals surface area contributed by atoms with Crippen molar-refractivity contribution in [3.63, 3.8) is 0 Å². The predicted molar refractivity (Wildman–Crippen MR) is 267 cm³/mol. The highest BCUT2D eigenvalue weighted by Gasteiger charge is 2.49. The number of carbonyl (C=O) groups excluding carboxylic acids is 7. The molecular formula is C52H81N8O10+. The number of hydrogen-bond acceptors (Lipinski definition) is 10. The Balaban J connectivity index is 1.50. The van der Waals surface area contributed by atoms with Crippen molar-refractivity contribution in [3.05, 3.63) is 71.8 Å². The van der Waals surface area contributed by atoms with Gasteiger partial charge in [-0.25, -0.2) is 9.59 Å². The normalized spacial score (nSPS) is 18.7. The summed E-state index contributed by atoms with van der Waals surface area (Å²) in [7, 11) is 0. The summed E-state index contributed by atoms with van der Waals surface area (Å²) >= 11 is 0. The molecule has 2 saturated heterocycles. The molecule has 0 bridgehead atoms. The maximum Gasteiger partial charge on any atom is 0.408 e. The van der Waals surface area contributed by atoms with Gasteiger partial charge < -0.3 is 51.5 Å². The minimum Gasteiger partial charge on any atom is -0.445 e. The monoisotopic (exact) mass is 978 g/mol. The number of benzene rings is 2. The standard InChI is InChI=1S/C52H80N8O10/c1-33(2)28-39(57-49(67)70-50(5,6)7)44(62)56-40(29-35-20-14-12-15-21-35)47(65)59-27-19-25-41(59)45(63)58-42(34(3)4)46(64)55-38(24-18-26-53-48(66)69-32-36-22-16-13-17-23-36)43(61)54-37-30-51(8,9)60(68)52(10,11)31-37/h12-17,20-23,33-34,37-42,68H,18-19,24-32H2,1-11H3,(H,53,66)(H,54,61)(H,55,64)(H,56,62)(H,57,67)(H,58,63)/p+1/t38-,39-,40+,41-,42-/m0/s1. The molecule has 70 heavy (non-hydrogen) atoms. The van der Waals surface area contributed by atoms with Crippen LogP contribution in [-0.4, -0.2) is 123 Å². The Hall–Kier alpha value is -5.75. The zero-order valence-electron chi connectivity index (χ0n) is 43.2. The average Bonchev–Trinajstić information content (AvgIpc) is 3.77. The molecule has 0 saturated carbocycles. The van der Waals surface area contributed by atoms with Crippen LogP contribution in [0.25, 0.3) is 0 Å². The SMILES string of the molecule is CC(C)C[C@H](NC(=O)OC(C)(C)C)C(=O)N[C@H](Cc1ccccc1)C(=O)N1CCC[C@H]1C(=O)N[C@H](C(=O)N[C@@H](CCCNC(=O)OCc1ccccc1)C(=O)NC1CC(C)(C)N([OH2+])C(C)(C)C1)C(C)C. The Kier molecular flexibility index (Phi) is 20.6. The fourth-order valence-corrected chi connectivity index (χ4v) is 9.25. The number of likely N-dealkylation sites (tertiary alicyclic amines) is 1. The first-order valence-electron chi connectivity index (χ1n) is 24.8. The van der Waals surface area contributed by atoms with Crippen molar-refractivity contribution in [2.75, 3.05) is 13.1 Å². The fourth-order valence-electron chi connectivity index (χ4n) is 9.25. The number of amides is 7. The van der Waals surface area contributed by atoms with Crippen LogP contribution in [0, 0.1) is 11.8 Å². The van der Waals surface area contributed by atoms with Gasteiger partial charge in [0.25, 0.3) is 0 Å². The van der Waals surface area contributed by atoms with Crippen LogP contribution in [0.2, 0.25) is 0 Å². The van der Waals surface area contributed by atoms with E-state index in [-0.39, 0.29) is 50.9 Å². The summed E-state index contributed by atoms with van der Waals surface area (Å²) < 4.78 is 10.8. The van der Waals surface area contributed by atoms with Crippen molar-refractivity contribution in [2.45, 2.75) is 187 Å². The summed E-state index contributed by atoms with van der Waals surface area (Å²) in [5.74, 6) is -3.08. The molecule has 0 aliphatic carbocycles. The molecule has 18 nitrogen and oxygen atoms in total. The summed E-state index contributed by atoms with van der Waals surface area (Å²) in [6.45, 7) is 20.8. The van der Waals surface area contributed by atoms with Gasteiger partial charge in [0.1, 0.15) is 42.4 Å². The van der Waals surface area contributed by atoms with Crippen molar-refractivity contribution in [1.82, 2.24) is 41.9 Å². The summed E-state index contributed by atoms with van der Waals surface area (Å²) in [6.07, 6.45) is 1.24. The average molecular weight is 978 g/mol. The van der Waals surface area contributed by atoms with E-state index >= 15 is 0 Å². The molecule has 18 heteroatoms. The third-order valence-corrected chi connectivity index (χ3v) is 12.5. The largest absolute Gasteiger partial charge is 0.445 e. The zero-order valence-corrected chi connectivity index (χ0v) is 43.2. The van der Waals surface area contributed by atoms with E-state index in [1.54, 1.807) is 39.7 Å². The number of nitrogens with one attached hydrogen (secondary N) is 6. The highest BCUT2D eigenvalue weighted by Crippen LogP contribution is 2.36. The number of alkyl carbamates (subject to hydrolysis) is 2. The number of nitrogens with zero attached hydrogens (tertiary/aromatic N) is 2. The van der Waals surface area contributed by atoms with Gasteiger partial charge in [-0.05, 0) is 116 Å². The van der Waals surface area contributed by atoms with Gasteiger partial charge in [-0.3, -0.25) is 24.0 Å². The molecule has 5 atom stereocenters. The van der Waals surface area contributed by atoms with E-state index in [9.17, 15) is 33.6 Å². The van der Waals surface area contributed by atoms with Crippen LogP contribution in [0.15, 0.2) is 60.7 Å². The van der Waals surface area contributed by atoms with Gasteiger partial charge in [0.05, 0.1) is 11.1 Å². The Morgan fingerprint density at radius 3 is 1.90 bits per heavy atom. The second-order valence-electron chi connectivity index (χ2n) is 21.8. The Morgan fingerprint density at radius 1 is 0.743 bits per heavy atom. The van der Waals surface area contributed by atoms with Crippen molar-refractivity contribution in [3.8, 4) is 0 Å². The molecule has 0 unspecified atom stereocenters. The molecule has 2 heterocycles. The number of hydroxylamine groups is 2. The lowest BCUT2D eigenvalue weighted by molar-refractivity contribution is -0.246. The van der Waals surface area contributed by atoms with Crippen molar-refractivity contribution < 1.29 is 48.2 Å². The molecule has 2 fully saturated rings. The summed E-state index contributed by atoms with van der Waals surface area (Å²) in [5.41, 5.74) is -0.302. The van der Waals surface area contributed by atoms with Crippen LogP contribution in [0.5, 0.6) is 0 Å². The molecule has 388 valence electrons. The first-order valence-corrected chi connectivity index (χ1v) is 24.8. The minimum absolute atomic E-state index is 0.00170. The topological polar surface area (TPSA) is 240 Å². The van der Waals surface area contributed by atoms with Crippen LogP contribution in [0.3, 0.4) is 0 Å². The maximum absolute atomic E-state index is 14.6. The van der Waals surface area contributed by atoms with Crippen molar-refractivity contribution >= 4 is 41.7 Å². The molecular weight excluding hydrogens is 897 g/mol. The van der Waals surface area contributed by atoms with E-state index in [1.165, 1.54) is 4.90 Å². The van der Waals surface area contributed by atoms with Gasteiger partial charge in [0, 0.05) is 25.6 Å². The Morgan fingerprint density at radius 2 is 1.33 bits per heavy atom. The van der Waals surface area contributed by atoms with Crippen LogP contribution < -0.4 is 31.9 Å². The van der Waals surface area contributed by atoms with Crippen LogP contribution in [0.1, 0.15) is 132 Å². The molecule has 0 aromatic heterocycles. The zero-order chi connectivity index (χ0) is 52.0. The number of piperidine rings is 1. The first-order chi connectivity index (χ1) is 32.8. The Labute approximate surface area is 414 Å². The second kappa shape index (κ2) is 25.4. The van der Waals surface area contributed by atoms with Gasteiger partial charge >= 0.3 is 12.2 Å². The maximum atomic E-state index is 14.6. The van der Waals surface area contributed by atoms with E-state index in [0.717, 1.165) is 11.1 Å². The van der Waals surface area contributed by atoms with Gasteiger partial charge in [0.2, 0.25) is 29.5 Å². The second-order valence-corrected chi connectivity index (χ2v) is 21.8. The third-order valence-electron chi connectivity index (χ3n) is 12.5. The molecule has 0 radical (unpaired) electrons. The van der Waals surface area contributed by atoms with E-state index in [0.29, 0.717) is 32.1 Å². The van der Waals surface area contributed by atoms with Crippen molar-refractivity contribution in [2.24, 2.45) is 11.8 Å². The lowest BCUT2D eigenvalue weighted by Gasteiger charge is -2.48. The van der Waals surface area contributed by atoms with Gasteiger partial charge in [0.15, 0.2) is 0 Å². The molecule has 2 aliphatic rings. The van der Waals surface area contributed by atoms with Gasteiger partial charge in [-0.15, -0.1) is 0 Å². The molecule has 8 N–H and O–H groups in total.